The summed E-state index contributed by atoms with van der Waals surface area (Å²) >= 11 is 5.33. The largest absolute Gasteiger partial charge is 0.494 e. The van der Waals surface area contributed by atoms with Gasteiger partial charge in [-0.1, -0.05) is 19.1 Å². The molecule has 8 nitrogen and oxygen atoms in total. The molecule has 168 valence electrons. The van der Waals surface area contributed by atoms with Gasteiger partial charge in [-0.2, -0.15) is 0 Å². The first-order valence-electron chi connectivity index (χ1n) is 10.3. The number of ether oxygens (including phenoxy) is 2. The van der Waals surface area contributed by atoms with Crippen molar-refractivity contribution in [2.75, 3.05) is 19.7 Å². The molecule has 1 aliphatic rings. The molecule has 0 saturated carbocycles. The Morgan fingerprint density at radius 1 is 1.32 bits per heavy atom. The van der Waals surface area contributed by atoms with Crippen LogP contribution in [0.2, 0.25) is 0 Å². The molecule has 0 spiro atoms. The highest BCUT2D eigenvalue weighted by molar-refractivity contribution is 7.80. The van der Waals surface area contributed by atoms with E-state index in [0.717, 1.165) is 11.3 Å². The second kappa shape index (κ2) is 12.0. The van der Waals surface area contributed by atoms with Crippen molar-refractivity contribution in [2.45, 2.75) is 45.8 Å². The van der Waals surface area contributed by atoms with Crippen molar-refractivity contribution in [3.05, 3.63) is 35.9 Å². The van der Waals surface area contributed by atoms with Crippen LogP contribution in [0.25, 0.3) is 6.08 Å². The molecule has 0 radical (unpaired) electrons. The van der Waals surface area contributed by atoms with Gasteiger partial charge < -0.3 is 19.7 Å². The van der Waals surface area contributed by atoms with Gasteiger partial charge in [0.25, 0.3) is 0 Å². The van der Waals surface area contributed by atoms with E-state index >= 15 is 0 Å². The summed E-state index contributed by atoms with van der Waals surface area (Å²) < 4.78 is 10.7. The molecule has 2 rings (SSSR count). The van der Waals surface area contributed by atoms with Gasteiger partial charge >= 0.3 is 5.97 Å². The van der Waals surface area contributed by atoms with Crippen LogP contribution in [0.3, 0.4) is 0 Å². The van der Waals surface area contributed by atoms with E-state index in [1.807, 2.05) is 38.1 Å². The number of nitrogens with zero attached hydrogens (tertiary/aromatic N) is 1. The average Bonchev–Trinajstić information content (AvgIpc) is 2.74. The number of benzene rings is 1. The minimum Gasteiger partial charge on any atom is -0.494 e. The van der Waals surface area contributed by atoms with Crippen molar-refractivity contribution < 1.29 is 23.9 Å². The van der Waals surface area contributed by atoms with Crippen LogP contribution in [0, 0.1) is 0 Å². The van der Waals surface area contributed by atoms with Gasteiger partial charge in [-0.05, 0) is 56.3 Å². The third-order valence-corrected chi connectivity index (χ3v) is 5.04. The molecule has 1 saturated heterocycles. The van der Waals surface area contributed by atoms with Gasteiger partial charge in [0, 0.05) is 19.2 Å². The Bertz CT molecular complexity index is 825. The molecule has 1 aromatic rings. The zero-order valence-electron chi connectivity index (χ0n) is 18.1. The Balaban J connectivity index is 1.96. The predicted molar refractivity (Wildman–Crippen MR) is 121 cm³/mol. The van der Waals surface area contributed by atoms with Crippen molar-refractivity contribution in [1.82, 2.24) is 15.5 Å². The molecule has 0 aliphatic carbocycles. The maximum atomic E-state index is 12.3. The van der Waals surface area contributed by atoms with Crippen molar-refractivity contribution in [3.8, 4) is 5.75 Å². The fourth-order valence-corrected chi connectivity index (χ4v) is 3.23. The van der Waals surface area contributed by atoms with Crippen LogP contribution in [0.15, 0.2) is 30.3 Å². The maximum Gasteiger partial charge on any atom is 0.308 e. The van der Waals surface area contributed by atoms with Crippen LogP contribution in [0.1, 0.15) is 39.2 Å². The van der Waals surface area contributed by atoms with E-state index in [1.165, 1.54) is 6.08 Å². The zero-order valence-corrected chi connectivity index (χ0v) is 18.9. The molecule has 1 fully saturated rings. The van der Waals surface area contributed by atoms with Crippen LogP contribution < -0.4 is 15.4 Å². The van der Waals surface area contributed by atoms with Crippen molar-refractivity contribution in [2.24, 2.45) is 0 Å². The minimum absolute atomic E-state index is 0.0949. The molecule has 0 aromatic heterocycles. The lowest BCUT2D eigenvalue weighted by Crippen LogP contribution is -2.60. The fraction of sp³-hybridized carbons (Fsp3) is 0.455. The monoisotopic (exact) mass is 447 g/mol. The second-order valence-corrected chi connectivity index (χ2v) is 7.43. The Labute approximate surface area is 188 Å². The van der Waals surface area contributed by atoms with Gasteiger partial charge in [0.05, 0.1) is 19.1 Å². The number of hydrogen-bond acceptors (Lipinski definition) is 6. The first-order chi connectivity index (χ1) is 14.8. The van der Waals surface area contributed by atoms with Gasteiger partial charge in [0.2, 0.25) is 11.8 Å². The normalized spacial score (nSPS) is 17.1. The number of rotatable bonds is 8. The fourth-order valence-electron chi connectivity index (χ4n) is 2.91. The molecule has 2 unspecified atom stereocenters. The maximum absolute atomic E-state index is 12.3. The minimum atomic E-state index is -0.826. The lowest BCUT2D eigenvalue weighted by molar-refractivity contribution is -0.151. The first-order valence-corrected chi connectivity index (χ1v) is 10.7. The molecule has 1 aromatic carbocycles. The molecule has 1 heterocycles. The number of nitrogens with one attached hydrogen (secondary N) is 2. The summed E-state index contributed by atoms with van der Waals surface area (Å²) in [4.78, 5) is 38.3. The molecular formula is C22H29N3O5S. The van der Waals surface area contributed by atoms with Crippen LogP contribution in [-0.2, 0) is 19.1 Å². The smallest absolute Gasteiger partial charge is 0.308 e. The van der Waals surface area contributed by atoms with Crippen LogP contribution >= 0.6 is 12.2 Å². The number of amides is 2. The molecule has 0 bridgehead atoms. The summed E-state index contributed by atoms with van der Waals surface area (Å²) in [5.41, 5.74) is 0.826. The Kier molecular flexibility index (Phi) is 9.45. The molecule has 31 heavy (non-hydrogen) atoms. The third-order valence-electron chi connectivity index (χ3n) is 4.71. The molecule has 2 atom stereocenters. The summed E-state index contributed by atoms with van der Waals surface area (Å²) in [5.74, 6) is -0.475. The first kappa shape index (κ1) is 24.3. The molecule has 2 amide bonds. The Hall–Kier alpha value is -2.94. The van der Waals surface area contributed by atoms with E-state index in [1.54, 1.807) is 17.9 Å². The summed E-state index contributed by atoms with van der Waals surface area (Å²) in [6.07, 6.45) is 3.32. The van der Waals surface area contributed by atoms with E-state index in [2.05, 4.69) is 10.6 Å². The zero-order chi connectivity index (χ0) is 22.8. The summed E-state index contributed by atoms with van der Waals surface area (Å²) in [6.45, 7) is 6.94. The average molecular weight is 448 g/mol. The predicted octanol–water partition coefficient (Wildman–Crippen LogP) is 2.03. The van der Waals surface area contributed by atoms with Crippen LogP contribution in [-0.4, -0.2) is 59.6 Å². The van der Waals surface area contributed by atoms with Crippen molar-refractivity contribution in [3.63, 3.8) is 0 Å². The van der Waals surface area contributed by atoms with E-state index in [4.69, 9.17) is 21.7 Å². The van der Waals surface area contributed by atoms with Crippen molar-refractivity contribution >= 4 is 41.2 Å². The number of hydrogen-bond donors (Lipinski definition) is 2. The quantitative estimate of drug-likeness (QED) is 0.358. The summed E-state index contributed by atoms with van der Waals surface area (Å²) in [5, 5.41) is 5.42. The topological polar surface area (TPSA) is 97.0 Å². The highest BCUT2D eigenvalue weighted by atomic mass is 32.1. The standard InChI is InChI=1S/C22H29N3O5S/c1-4-15(3)30-20(27)14-18-21(28)23-12-13-25(18)22(31)24-19(26)11-8-16-6-9-17(10-7-16)29-5-2/h6-11,15,18H,4-5,12-14H2,1-3H3,(H,23,28)(H,24,26,31)/b11-8+. The molecule has 2 N–H and O–H groups in total. The van der Waals surface area contributed by atoms with Gasteiger partial charge in [-0.25, -0.2) is 0 Å². The number of carbonyl (C=O) groups is 3. The SMILES string of the molecule is CCOc1ccc(/C=C/C(=O)NC(=S)N2CCNC(=O)C2CC(=O)OC(C)CC)cc1. The molecule has 9 heteroatoms. The number of piperazine rings is 1. The number of carbonyl (C=O) groups excluding carboxylic acids is 3. The van der Waals surface area contributed by atoms with E-state index in [9.17, 15) is 14.4 Å². The number of thiocarbonyl (C=S) groups is 1. The summed E-state index contributed by atoms with van der Waals surface area (Å²) in [7, 11) is 0. The van der Waals surface area contributed by atoms with Crippen LogP contribution in [0.5, 0.6) is 5.75 Å². The highest BCUT2D eigenvalue weighted by Gasteiger charge is 2.34. The molecule has 1 aliphatic heterocycles. The lowest BCUT2D eigenvalue weighted by Gasteiger charge is -2.36. The second-order valence-electron chi connectivity index (χ2n) is 7.04. The van der Waals surface area contributed by atoms with E-state index in [-0.39, 0.29) is 23.5 Å². The van der Waals surface area contributed by atoms with Gasteiger partial charge in [0.1, 0.15) is 11.8 Å². The number of esters is 1. The van der Waals surface area contributed by atoms with Gasteiger partial charge in [-0.3, -0.25) is 19.7 Å². The third kappa shape index (κ3) is 7.67. The highest BCUT2D eigenvalue weighted by Crippen LogP contribution is 2.14. The Morgan fingerprint density at radius 3 is 2.68 bits per heavy atom. The van der Waals surface area contributed by atoms with E-state index < -0.39 is 17.9 Å². The Morgan fingerprint density at radius 2 is 2.03 bits per heavy atom. The van der Waals surface area contributed by atoms with Crippen molar-refractivity contribution in [1.29, 1.82) is 0 Å². The lowest BCUT2D eigenvalue weighted by atomic mass is 10.1. The van der Waals surface area contributed by atoms with Gasteiger partial charge in [-0.15, -0.1) is 0 Å². The molecular weight excluding hydrogens is 418 g/mol. The van der Waals surface area contributed by atoms with Gasteiger partial charge in [0.15, 0.2) is 5.11 Å². The van der Waals surface area contributed by atoms with Crippen LogP contribution in [0.4, 0.5) is 0 Å². The summed E-state index contributed by atoms with van der Waals surface area (Å²) in [6, 6.07) is 6.48. The van der Waals surface area contributed by atoms with E-state index in [0.29, 0.717) is 26.1 Å².